The maximum atomic E-state index is 6.50. The quantitative estimate of drug-likeness (QED) is 0.427. The summed E-state index contributed by atoms with van der Waals surface area (Å²) < 4.78 is 5.44. The predicted octanol–water partition coefficient (Wildman–Crippen LogP) is 5.32. The van der Waals surface area contributed by atoms with Gasteiger partial charge in [-0.3, -0.25) is 4.98 Å². The van der Waals surface area contributed by atoms with Crippen LogP contribution in [0.2, 0.25) is 10.2 Å². The molecule has 2 N–H and O–H groups in total. The molecule has 27 heavy (non-hydrogen) atoms. The fourth-order valence-corrected chi connectivity index (χ4v) is 3.05. The van der Waals surface area contributed by atoms with Crippen molar-refractivity contribution >= 4 is 51.4 Å². The van der Waals surface area contributed by atoms with Crippen LogP contribution in [0, 0.1) is 0 Å². The first-order chi connectivity index (χ1) is 13.2. The normalized spacial score (nSPS) is 10.9. The van der Waals surface area contributed by atoms with Crippen LogP contribution in [0.3, 0.4) is 0 Å². The number of pyridine rings is 2. The van der Waals surface area contributed by atoms with E-state index in [1.54, 1.807) is 24.7 Å². The number of rotatable bonds is 6. The largest absolute Gasteiger partial charge is 0.383 e. The van der Waals surface area contributed by atoms with Crippen LogP contribution in [0.1, 0.15) is 5.56 Å². The first-order valence-corrected chi connectivity index (χ1v) is 9.05. The van der Waals surface area contributed by atoms with Crippen molar-refractivity contribution in [1.29, 1.82) is 0 Å². The minimum atomic E-state index is 0.427. The van der Waals surface area contributed by atoms with Gasteiger partial charge in [-0.05, 0) is 48.4 Å². The van der Waals surface area contributed by atoms with Crippen LogP contribution in [-0.4, -0.2) is 21.7 Å². The highest BCUT2D eigenvalue weighted by Gasteiger charge is 2.14. The van der Waals surface area contributed by atoms with Gasteiger partial charge in [-0.25, -0.2) is 4.98 Å². The summed E-state index contributed by atoms with van der Waals surface area (Å²) in [5.74, 6) is 0.569. The Labute approximate surface area is 165 Å². The number of halogens is 2. The van der Waals surface area contributed by atoms with Crippen LogP contribution in [0.25, 0.3) is 11.0 Å². The number of nitrogens with zero attached hydrogens (tertiary/aromatic N) is 3. The second-order valence-electron chi connectivity index (χ2n) is 5.86. The van der Waals surface area contributed by atoms with E-state index in [1.807, 2.05) is 30.3 Å². The summed E-state index contributed by atoms with van der Waals surface area (Å²) in [6, 6.07) is 11.3. The number of fused-ring (bicyclic) bond motifs is 1. The van der Waals surface area contributed by atoms with E-state index in [2.05, 4.69) is 25.8 Å². The molecule has 6 nitrogen and oxygen atoms in total. The number of aromatic nitrogens is 3. The van der Waals surface area contributed by atoms with Crippen molar-refractivity contribution in [2.24, 2.45) is 0 Å². The molecule has 3 aromatic heterocycles. The number of benzene rings is 1. The highest BCUT2D eigenvalue weighted by Crippen LogP contribution is 2.35. The summed E-state index contributed by atoms with van der Waals surface area (Å²) in [4.78, 5) is 8.05. The molecule has 0 aliphatic carbocycles. The Kier molecular flexibility index (Phi) is 5.09. The van der Waals surface area contributed by atoms with Crippen molar-refractivity contribution in [2.45, 2.75) is 6.42 Å². The van der Waals surface area contributed by atoms with E-state index < -0.39 is 0 Å². The summed E-state index contributed by atoms with van der Waals surface area (Å²) >= 11 is 12.3. The third kappa shape index (κ3) is 3.97. The van der Waals surface area contributed by atoms with E-state index in [1.165, 1.54) is 5.56 Å². The molecule has 3 heterocycles. The van der Waals surface area contributed by atoms with Crippen molar-refractivity contribution in [3.63, 3.8) is 0 Å². The maximum Gasteiger partial charge on any atom is 0.189 e. The smallest absolute Gasteiger partial charge is 0.189 e. The van der Waals surface area contributed by atoms with Crippen molar-refractivity contribution in [3.8, 4) is 0 Å². The van der Waals surface area contributed by atoms with Crippen molar-refractivity contribution in [3.05, 3.63) is 70.7 Å². The Hall–Kier alpha value is -2.83. The molecule has 4 aromatic rings. The van der Waals surface area contributed by atoms with Crippen LogP contribution in [0.15, 0.2) is 59.5 Å². The average Bonchev–Trinajstić information content (AvgIpc) is 3.10. The summed E-state index contributed by atoms with van der Waals surface area (Å²) in [5.41, 5.74) is 3.28. The lowest BCUT2D eigenvalue weighted by Gasteiger charge is -2.08. The van der Waals surface area contributed by atoms with Gasteiger partial charge < -0.3 is 15.2 Å². The van der Waals surface area contributed by atoms with Crippen molar-refractivity contribution in [2.75, 3.05) is 17.2 Å². The molecule has 0 atom stereocenters. The van der Waals surface area contributed by atoms with Crippen LogP contribution in [0.5, 0.6) is 0 Å². The molecular weight excluding hydrogens is 385 g/mol. The van der Waals surface area contributed by atoms with E-state index in [0.29, 0.717) is 21.6 Å². The molecule has 0 saturated carbocycles. The van der Waals surface area contributed by atoms with Crippen molar-refractivity contribution in [1.82, 2.24) is 15.1 Å². The molecule has 0 unspecified atom stereocenters. The van der Waals surface area contributed by atoms with Gasteiger partial charge in [-0.15, -0.1) is 0 Å². The Morgan fingerprint density at radius 1 is 1.00 bits per heavy atom. The monoisotopic (exact) mass is 399 g/mol. The Morgan fingerprint density at radius 3 is 2.63 bits per heavy atom. The van der Waals surface area contributed by atoms with E-state index in [9.17, 15) is 0 Å². The molecule has 4 rings (SSSR count). The van der Waals surface area contributed by atoms with E-state index in [0.717, 1.165) is 29.7 Å². The zero-order chi connectivity index (χ0) is 18.6. The molecule has 1 aromatic carbocycles. The second kappa shape index (κ2) is 7.82. The molecule has 0 aliphatic heterocycles. The molecule has 0 spiro atoms. The van der Waals surface area contributed by atoms with Gasteiger partial charge in [0.15, 0.2) is 11.4 Å². The number of nitrogens with one attached hydrogen (secondary N) is 2. The third-order valence-corrected chi connectivity index (χ3v) is 4.65. The SMILES string of the molecule is Clc1ccc(Nc2noc3c(Cl)c(NCCc4ccncc4)ccc23)cn1. The standard InChI is InChI=1S/C19H15Cl2N5O/c20-16-4-1-13(11-24-16)25-19-14-2-3-15(17(21)18(14)27-26-19)23-10-7-12-5-8-22-9-6-12/h1-6,8-9,11,23H,7,10H2,(H,25,26). The number of hydrogen-bond acceptors (Lipinski definition) is 6. The third-order valence-electron chi connectivity index (χ3n) is 4.05. The Balaban J connectivity index is 1.50. The summed E-state index contributed by atoms with van der Waals surface area (Å²) in [7, 11) is 0. The topological polar surface area (TPSA) is 75.9 Å². The second-order valence-corrected chi connectivity index (χ2v) is 6.63. The maximum absolute atomic E-state index is 6.50. The minimum Gasteiger partial charge on any atom is -0.383 e. The van der Waals surface area contributed by atoms with Gasteiger partial charge >= 0.3 is 0 Å². The zero-order valence-corrected chi connectivity index (χ0v) is 15.6. The molecule has 8 heteroatoms. The van der Waals surface area contributed by atoms with Gasteiger partial charge in [-0.1, -0.05) is 28.4 Å². The summed E-state index contributed by atoms with van der Waals surface area (Å²) in [5, 5.41) is 12.3. The van der Waals surface area contributed by atoms with Gasteiger partial charge in [0.1, 0.15) is 10.2 Å². The molecule has 0 aliphatic rings. The molecule has 136 valence electrons. The molecule has 0 fully saturated rings. The Morgan fingerprint density at radius 2 is 1.85 bits per heavy atom. The molecular formula is C19H15Cl2N5O. The van der Waals surface area contributed by atoms with Gasteiger partial charge in [0, 0.05) is 18.9 Å². The zero-order valence-electron chi connectivity index (χ0n) is 14.1. The van der Waals surface area contributed by atoms with Crippen molar-refractivity contribution < 1.29 is 4.52 Å². The van der Waals surface area contributed by atoms with E-state index in [-0.39, 0.29) is 0 Å². The summed E-state index contributed by atoms with van der Waals surface area (Å²) in [6.45, 7) is 0.741. The molecule has 0 saturated heterocycles. The first kappa shape index (κ1) is 17.6. The fourth-order valence-electron chi connectivity index (χ4n) is 2.68. The van der Waals surface area contributed by atoms with Crippen LogP contribution >= 0.6 is 23.2 Å². The highest BCUT2D eigenvalue weighted by atomic mass is 35.5. The minimum absolute atomic E-state index is 0.427. The van der Waals surface area contributed by atoms with Gasteiger partial charge in [0.2, 0.25) is 0 Å². The lowest BCUT2D eigenvalue weighted by atomic mass is 10.2. The molecule has 0 bridgehead atoms. The lowest BCUT2D eigenvalue weighted by molar-refractivity contribution is 0.460. The number of hydrogen-bond donors (Lipinski definition) is 2. The number of anilines is 3. The van der Waals surface area contributed by atoms with Gasteiger partial charge in [0.25, 0.3) is 0 Å². The summed E-state index contributed by atoms with van der Waals surface area (Å²) in [6.07, 6.45) is 6.06. The van der Waals surface area contributed by atoms with E-state index in [4.69, 9.17) is 27.7 Å². The lowest BCUT2D eigenvalue weighted by Crippen LogP contribution is -2.05. The fraction of sp³-hybridized carbons (Fsp3) is 0.105. The molecule has 0 amide bonds. The predicted molar refractivity (Wildman–Crippen MR) is 108 cm³/mol. The molecule has 0 radical (unpaired) electrons. The Bertz CT molecular complexity index is 1050. The average molecular weight is 400 g/mol. The van der Waals surface area contributed by atoms with Crippen LogP contribution in [0.4, 0.5) is 17.2 Å². The first-order valence-electron chi connectivity index (χ1n) is 8.30. The van der Waals surface area contributed by atoms with E-state index >= 15 is 0 Å². The van der Waals surface area contributed by atoms with Gasteiger partial charge in [0.05, 0.1) is 23.0 Å². The van der Waals surface area contributed by atoms with Crippen LogP contribution in [-0.2, 0) is 6.42 Å². The highest BCUT2D eigenvalue weighted by molar-refractivity contribution is 6.37. The van der Waals surface area contributed by atoms with Crippen LogP contribution < -0.4 is 10.6 Å². The van der Waals surface area contributed by atoms with Gasteiger partial charge in [-0.2, -0.15) is 0 Å².